The van der Waals surface area contributed by atoms with Crippen LogP contribution in [0.3, 0.4) is 0 Å². The molecule has 1 amide bonds. The Labute approximate surface area is 214 Å². The van der Waals surface area contributed by atoms with Crippen molar-refractivity contribution in [3.63, 3.8) is 0 Å². The first-order valence-electron chi connectivity index (χ1n) is 12.0. The molecule has 0 spiro atoms. The van der Waals surface area contributed by atoms with Crippen LogP contribution in [0.25, 0.3) is 10.9 Å². The summed E-state index contributed by atoms with van der Waals surface area (Å²) in [5.41, 5.74) is 7.21. The Balaban J connectivity index is 1.63. The van der Waals surface area contributed by atoms with Crippen molar-refractivity contribution >= 4 is 39.8 Å². The Morgan fingerprint density at radius 1 is 0.889 bits per heavy atom. The van der Waals surface area contributed by atoms with Crippen molar-refractivity contribution in [1.82, 2.24) is 4.98 Å². The molecule has 5 aromatic rings. The number of aromatic amines is 1. The van der Waals surface area contributed by atoms with Gasteiger partial charge in [-0.3, -0.25) is 9.79 Å². The third-order valence-electron chi connectivity index (χ3n) is 6.81. The van der Waals surface area contributed by atoms with Crippen LogP contribution in [-0.4, -0.2) is 16.6 Å². The Kier molecular flexibility index (Phi) is 5.67. The predicted octanol–water partition coefficient (Wildman–Crippen LogP) is 7.26. The van der Waals surface area contributed by atoms with Gasteiger partial charge in [0.05, 0.1) is 17.9 Å². The van der Waals surface area contributed by atoms with Crippen molar-refractivity contribution in [3.8, 4) is 0 Å². The average Bonchev–Trinajstić information content (AvgIpc) is 3.30. The van der Waals surface area contributed by atoms with Gasteiger partial charge < -0.3 is 9.88 Å². The lowest BCUT2D eigenvalue weighted by Gasteiger charge is -2.26. The van der Waals surface area contributed by atoms with Crippen LogP contribution in [0.2, 0.25) is 5.02 Å². The molecule has 6 rings (SSSR count). The minimum absolute atomic E-state index is 0.0718. The normalized spacial score (nSPS) is 15.5. The number of fused-ring (bicyclic) bond motifs is 2. The van der Waals surface area contributed by atoms with Crippen molar-refractivity contribution in [2.45, 2.75) is 19.5 Å². The molecule has 0 aliphatic carbocycles. The number of benzene rings is 4. The number of rotatable bonds is 4. The topological polar surface area (TPSA) is 48.5 Å². The van der Waals surface area contributed by atoms with Crippen molar-refractivity contribution in [3.05, 3.63) is 136 Å². The average molecular weight is 490 g/mol. The van der Waals surface area contributed by atoms with Gasteiger partial charge in [-0.25, -0.2) is 0 Å². The Morgan fingerprint density at radius 2 is 1.58 bits per heavy atom. The molecule has 0 fully saturated rings. The van der Waals surface area contributed by atoms with Gasteiger partial charge in [-0.1, -0.05) is 90.5 Å². The molecule has 0 unspecified atom stereocenters. The number of nitrogens with zero attached hydrogens (tertiary/aromatic N) is 2. The van der Waals surface area contributed by atoms with E-state index in [1.165, 1.54) is 0 Å². The summed E-state index contributed by atoms with van der Waals surface area (Å²) in [6.07, 6.45) is 1.91. The smallest absolute Gasteiger partial charge is 0.256 e. The van der Waals surface area contributed by atoms with Crippen molar-refractivity contribution in [2.75, 3.05) is 4.90 Å². The molecule has 0 saturated carbocycles. The summed E-state index contributed by atoms with van der Waals surface area (Å²) in [5.74, 6) is -0.0718. The number of H-pyrrole nitrogens is 1. The lowest BCUT2D eigenvalue weighted by molar-refractivity contribution is -0.120. The lowest BCUT2D eigenvalue weighted by atomic mass is 9.95. The SMILES string of the molecule is Cc1c(Cl)ccc2c1C(c1ccccc1)=N[C@@H](c1c[nH]c3ccccc13)C(=O)N2Cc1ccccc1. The molecule has 1 aromatic heterocycles. The van der Waals surface area contributed by atoms with Gasteiger partial charge in [0.1, 0.15) is 0 Å². The largest absolute Gasteiger partial charge is 0.361 e. The number of hydrogen-bond acceptors (Lipinski definition) is 2. The predicted molar refractivity (Wildman–Crippen MR) is 147 cm³/mol. The number of anilines is 1. The summed E-state index contributed by atoms with van der Waals surface area (Å²) in [6.45, 7) is 2.43. The molecule has 36 heavy (non-hydrogen) atoms. The fraction of sp³-hybridized carbons (Fsp3) is 0.0968. The first-order chi connectivity index (χ1) is 17.6. The van der Waals surface area contributed by atoms with E-state index in [-0.39, 0.29) is 5.91 Å². The van der Waals surface area contributed by atoms with E-state index in [1.54, 1.807) is 0 Å². The Bertz CT molecular complexity index is 1610. The van der Waals surface area contributed by atoms with Crippen LogP contribution in [0.4, 0.5) is 5.69 Å². The van der Waals surface area contributed by atoms with E-state index in [4.69, 9.17) is 16.6 Å². The minimum atomic E-state index is -0.717. The van der Waals surface area contributed by atoms with Gasteiger partial charge in [-0.15, -0.1) is 0 Å². The fourth-order valence-corrected chi connectivity index (χ4v) is 5.14. The highest BCUT2D eigenvalue weighted by molar-refractivity contribution is 6.33. The summed E-state index contributed by atoms with van der Waals surface area (Å²) in [7, 11) is 0. The van der Waals surface area contributed by atoms with Gasteiger partial charge in [0.25, 0.3) is 5.91 Å². The zero-order chi connectivity index (χ0) is 24.6. The van der Waals surface area contributed by atoms with E-state index in [1.807, 2.05) is 115 Å². The summed E-state index contributed by atoms with van der Waals surface area (Å²) >= 11 is 6.65. The number of carbonyl (C=O) groups is 1. The maximum absolute atomic E-state index is 14.4. The maximum Gasteiger partial charge on any atom is 0.256 e. The van der Waals surface area contributed by atoms with Crippen molar-refractivity contribution in [1.29, 1.82) is 0 Å². The molecular formula is C31H24ClN3O. The van der Waals surface area contributed by atoms with Crippen LogP contribution in [0.1, 0.15) is 33.9 Å². The molecule has 2 heterocycles. The molecule has 0 radical (unpaired) electrons. The second kappa shape index (κ2) is 9.14. The molecule has 176 valence electrons. The van der Waals surface area contributed by atoms with Gasteiger partial charge in [-0.05, 0) is 36.2 Å². The summed E-state index contributed by atoms with van der Waals surface area (Å²) in [4.78, 5) is 24.8. The third-order valence-corrected chi connectivity index (χ3v) is 7.22. The molecule has 4 nitrogen and oxygen atoms in total. The summed E-state index contributed by atoms with van der Waals surface area (Å²) in [5, 5.41) is 1.64. The van der Waals surface area contributed by atoms with Gasteiger partial charge in [0.2, 0.25) is 0 Å². The number of aromatic nitrogens is 1. The second-order valence-corrected chi connectivity index (χ2v) is 9.42. The molecule has 1 aliphatic heterocycles. The van der Waals surface area contributed by atoms with Gasteiger partial charge in [-0.2, -0.15) is 0 Å². The number of benzodiazepines with no additional fused rings is 1. The zero-order valence-electron chi connectivity index (χ0n) is 19.8. The highest BCUT2D eigenvalue weighted by Crippen LogP contribution is 2.39. The van der Waals surface area contributed by atoms with E-state index in [2.05, 4.69) is 4.98 Å². The zero-order valence-corrected chi connectivity index (χ0v) is 20.5. The van der Waals surface area contributed by atoms with E-state index in [0.29, 0.717) is 11.6 Å². The summed E-state index contributed by atoms with van der Waals surface area (Å²) < 4.78 is 0. The van der Waals surface area contributed by atoms with Crippen molar-refractivity contribution in [2.24, 2.45) is 4.99 Å². The quantitative estimate of drug-likeness (QED) is 0.284. The standard InChI is InChI=1S/C31H24ClN3O/c1-20-25(32)16-17-27-28(20)29(22-12-6-3-7-13-22)34-30(24-18-33-26-15-9-8-14-23(24)26)31(36)35(27)19-21-10-4-2-5-11-21/h2-18,30,33H,19H2,1H3/t30-/m0/s1. The van der Waals surface area contributed by atoms with Crippen LogP contribution >= 0.6 is 11.6 Å². The number of halogens is 1. The first kappa shape index (κ1) is 22.3. The van der Waals surface area contributed by atoms with Crippen LogP contribution in [0, 0.1) is 6.92 Å². The number of aliphatic imine (C=N–C) groups is 1. The van der Waals surface area contributed by atoms with Crippen LogP contribution in [0.5, 0.6) is 0 Å². The highest BCUT2D eigenvalue weighted by Gasteiger charge is 2.35. The van der Waals surface area contributed by atoms with E-state index in [9.17, 15) is 4.79 Å². The monoisotopic (exact) mass is 489 g/mol. The molecule has 1 atom stereocenters. The van der Waals surface area contributed by atoms with Crippen LogP contribution in [0.15, 0.2) is 108 Å². The first-order valence-corrected chi connectivity index (χ1v) is 12.3. The molecule has 0 bridgehead atoms. The van der Waals surface area contributed by atoms with Crippen molar-refractivity contribution < 1.29 is 4.79 Å². The van der Waals surface area contributed by atoms with Gasteiger partial charge in [0.15, 0.2) is 6.04 Å². The van der Waals surface area contributed by atoms with Crippen LogP contribution in [-0.2, 0) is 11.3 Å². The molecule has 1 N–H and O–H groups in total. The molecule has 4 aromatic carbocycles. The summed E-state index contributed by atoms with van der Waals surface area (Å²) in [6, 6.07) is 31.2. The maximum atomic E-state index is 14.4. The number of para-hydroxylation sites is 1. The molecule has 1 aliphatic rings. The van der Waals surface area contributed by atoms with Crippen LogP contribution < -0.4 is 4.90 Å². The molecule has 0 saturated heterocycles. The van der Waals surface area contributed by atoms with Gasteiger partial charge >= 0.3 is 0 Å². The van der Waals surface area contributed by atoms with Gasteiger partial charge in [0, 0.05) is 38.8 Å². The number of hydrogen-bond donors (Lipinski definition) is 1. The number of carbonyl (C=O) groups excluding carboxylic acids is 1. The number of nitrogens with one attached hydrogen (secondary N) is 1. The number of amides is 1. The second-order valence-electron chi connectivity index (χ2n) is 9.01. The third kappa shape index (κ3) is 3.80. The minimum Gasteiger partial charge on any atom is -0.361 e. The van der Waals surface area contributed by atoms with E-state index >= 15 is 0 Å². The fourth-order valence-electron chi connectivity index (χ4n) is 4.98. The van der Waals surface area contributed by atoms with E-state index in [0.717, 1.165) is 50.1 Å². The Hall–Kier alpha value is -4.15. The Morgan fingerprint density at radius 3 is 2.36 bits per heavy atom. The lowest BCUT2D eigenvalue weighted by Crippen LogP contribution is -2.34. The molecule has 5 heteroatoms. The van der Waals surface area contributed by atoms with E-state index < -0.39 is 6.04 Å². The highest BCUT2D eigenvalue weighted by atomic mass is 35.5. The molecular weight excluding hydrogens is 466 g/mol.